The molecule has 39 heavy (non-hydrogen) atoms. The van der Waals surface area contributed by atoms with Crippen molar-refractivity contribution in [1.82, 2.24) is 10.2 Å². The van der Waals surface area contributed by atoms with Gasteiger partial charge in [-0.1, -0.05) is 94.4 Å². The van der Waals surface area contributed by atoms with Crippen LogP contribution in [-0.4, -0.2) is 44.3 Å². The average molecular weight is 550 g/mol. The molecule has 0 saturated carbocycles. The number of carbonyl (C=O) groups is 2. The minimum atomic E-state index is -4.08. The molecule has 2 amide bonds. The Labute approximate surface area is 232 Å². The summed E-state index contributed by atoms with van der Waals surface area (Å²) in [5.41, 5.74) is 2.11. The molecule has 0 radical (unpaired) electrons. The van der Waals surface area contributed by atoms with Crippen LogP contribution in [-0.2, 0) is 32.6 Å². The first-order valence-corrected chi connectivity index (χ1v) is 14.9. The van der Waals surface area contributed by atoms with Gasteiger partial charge in [-0.25, -0.2) is 8.42 Å². The highest BCUT2D eigenvalue weighted by Gasteiger charge is 2.34. The Bertz CT molecular complexity index is 1330. The van der Waals surface area contributed by atoms with Crippen LogP contribution in [0, 0.1) is 5.92 Å². The molecule has 3 aromatic rings. The summed E-state index contributed by atoms with van der Waals surface area (Å²) in [5, 5.41) is 2.95. The first-order valence-electron chi connectivity index (χ1n) is 13.5. The number of nitrogens with one attached hydrogen (secondary N) is 1. The van der Waals surface area contributed by atoms with Crippen LogP contribution in [0.3, 0.4) is 0 Å². The van der Waals surface area contributed by atoms with Gasteiger partial charge in [0.1, 0.15) is 12.6 Å². The van der Waals surface area contributed by atoms with E-state index in [1.54, 1.807) is 30.3 Å². The molecule has 0 aliphatic rings. The van der Waals surface area contributed by atoms with Crippen LogP contribution in [0.25, 0.3) is 0 Å². The van der Waals surface area contributed by atoms with E-state index >= 15 is 0 Å². The summed E-state index contributed by atoms with van der Waals surface area (Å²) in [5.74, 6) is -0.445. The number of aryl methyl sites for hydroxylation is 1. The molecule has 0 saturated heterocycles. The monoisotopic (exact) mass is 549 g/mol. The van der Waals surface area contributed by atoms with Gasteiger partial charge in [0.05, 0.1) is 10.6 Å². The summed E-state index contributed by atoms with van der Waals surface area (Å²) in [4.78, 5) is 28.9. The van der Waals surface area contributed by atoms with Crippen molar-refractivity contribution in [3.05, 3.63) is 96.1 Å². The van der Waals surface area contributed by atoms with Crippen LogP contribution >= 0.6 is 0 Å². The molecule has 1 N–H and O–H groups in total. The third-order valence-electron chi connectivity index (χ3n) is 6.52. The lowest BCUT2D eigenvalue weighted by Gasteiger charge is -2.33. The molecule has 3 aromatic carbocycles. The second kappa shape index (κ2) is 13.9. The zero-order valence-corrected chi connectivity index (χ0v) is 24.0. The summed E-state index contributed by atoms with van der Waals surface area (Å²) in [6.07, 6.45) is 0.980. The molecule has 0 bridgehead atoms. The standard InChI is InChI=1S/C31H39N3O4S/c1-5-26-17-13-14-20-29(26)34(39(37,38)27-18-11-8-12-19-27)23-30(35)33(22-25-15-9-7-10-16-25)28(6-2)31(36)32-21-24(3)4/h7-20,24,28H,5-6,21-23H2,1-4H3,(H,32,36)/t28-/m1/s1. The summed E-state index contributed by atoms with van der Waals surface area (Å²) in [6, 6.07) is 24.0. The maximum atomic E-state index is 14.1. The number of benzene rings is 3. The Balaban J connectivity index is 2.05. The normalized spacial score (nSPS) is 12.1. The number of carbonyl (C=O) groups excluding carboxylic acids is 2. The molecule has 0 aromatic heterocycles. The smallest absolute Gasteiger partial charge is 0.264 e. The third-order valence-corrected chi connectivity index (χ3v) is 8.29. The van der Waals surface area contributed by atoms with E-state index in [0.29, 0.717) is 25.1 Å². The lowest BCUT2D eigenvalue weighted by Crippen LogP contribution is -2.52. The van der Waals surface area contributed by atoms with Gasteiger partial charge in [-0.2, -0.15) is 0 Å². The Kier molecular flexibility index (Phi) is 10.7. The van der Waals surface area contributed by atoms with Crippen LogP contribution in [0.5, 0.6) is 0 Å². The maximum Gasteiger partial charge on any atom is 0.264 e. The molecule has 1 atom stereocenters. The fourth-order valence-electron chi connectivity index (χ4n) is 4.41. The number of rotatable bonds is 13. The van der Waals surface area contributed by atoms with Crippen molar-refractivity contribution in [2.45, 2.75) is 58.0 Å². The van der Waals surface area contributed by atoms with E-state index in [1.807, 2.05) is 70.2 Å². The lowest BCUT2D eigenvalue weighted by molar-refractivity contribution is -0.140. The highest BCUT2D eigenvalue weighted by atomic mass is 32.2. The van der Waals surface area contributed by atoms with E-state index in [-0.39, 0.29) is 23.3 Å². The topological polar surface area (TPSA) is 86.8 Å². The van der Waals surface area contributed by atoms with E-state index in [1.165, 1.54) is 21.3 Å². The Morgan fingerprint density at radius 2 is 1.44 bits per heavy atom. The molecular weight excluding hydrogens is 510 g/mol. The van der Waals surface area contributed by atoms with Crippen molar-refractivity contribution in [2.24, 2.45) is 5.92 Å². The van der Waals surface area contributed by atoms with Crippen molar-refractivity contribution in [2.75, 3.05) is 17.4 Å². The van der Waals surface area contributed by atoms with E-state index < -0.39 is 28.5 Å². The molecule has 0 unspecified atom stereocenters. The summed E-state index contributed by atoms with van der Waals surface area (Å²) >= 11 is 0. The van der Waals surface area contributed by atoms with Crippen LogP contribution in [0.1, 0.15) is 45.2 Å². The van der Waals surface area contributed by atoms with Gasteiger partial charge in [0, 0.05) is 13.1 Å². The van der Waals surface area contributed by atoms with E-state index in [9.17, 15) is 18.0 Å². The van der Waals surface area contributed by atoms with Gasteiger partial charge < -0.3 is 10.2 Å². The summed E-state index contributed by atoms with van der Waals surface area (Å²) in [7, 11) is -4.08. The number of amides is 2. The molecule has 208 valence electrons. The second-order valence-corrected chi connectivity index (χ2v) is 11.7. The van der Waals surface area contributed by atoms with Gasteiger partial charge in [-0.15, -0.1) is 0 Å². The van der Waals surface area contributed by atoms with Crippen LogP contribution < -0.4 is 9.62 Å². The van der Waals surface area contributed by atoms with E-state index in [0.717, 1.165) is 11.1 Å². The minimum absolute atomic E-state index is 0.0973. The number of hydrogen-bond acceptors (Lipinski definition) is 4. The van der Waals surface area contributed by atoms with Crippen molar-refractivity contribution < 1.29 is 18.0 Å². The zero-order valence-electron chi connectivity index (χ0n) is 23.2. The molecule has 0 aliphatic heterocycles. The van der Waals surface area contributed by atoms with Gasteiger partial charge in [0.2, 0.25) is 11.8 Å². The summed E-state index contributed by atoms with van der Waals surface area (Å²) < 4.78 is 29.1. The maximum absolute atomic E-state index is 14.1. The van der Waals surface area contributed by atoms with Gasteiger partial charge in [0.15, 0.2) is 0 Å². The number of sulfonamides is 1. The van der Waals surface area contributed by atoms with Crippen molar-refractivity contribution in [3.8, 4) is 0 Å². The van der Waals surface area contributed by atoms with Gasteiger partial charge in [0.25, 0.3) is 10.0 Å². The third kappa shape index (κ3) is 7.69. The van der Waals surface area contributed by atoms with Gasteiger partial charge in [-0.05, 0) is 48.1 Å². The molecule has 8 heteroatoms. The predicted octanol–water partition coefficient (Wildman–Crippen LogP) is 5.02. The zero-order chi connectivity index (χ0) is 28.4. The van der Waals surface area contributed by atoms with Gasteiger partial charge >= 0.3 is 0 Å². The number of nitrogens with zero attached hydrogens (tertiary/aromatic N) is 2. The second-order valence-electron chi connectivity index (χ2n) is 9.88. The van der Waals surface area contributed by atoms with E-state index in [2.05, 4.69) is 5.32 Å². The SMILES string of the molecule is CCc1ccccc1N(CC(=O)N(Cc1ccccc1)[C@H](CC)C(=O)NCC(C)C)S(=O)(=O)c1ccccc1. The summed E-state index contributed by atoms with van der Waals surface area (Å²) in [6.45, 7) is 8.05. The van der Waals surface area contributed by atoms with Crippen molar-refractivity contribution in [3.63, 3.8) is 0 Å². The average Bonchev–Trinajstić information content (AvgIpc) is 2.95. The molecule has 3 rings (SSSR count). The molecule has 0 heterocycles. The fraction of sp³-hybridized carbons (Fsp3) is 0.355. The van der Waals surface area contributed by atoms with Crippen molar-refractivity contribution >= 4 is 27.5 Å². The number of para-hydroxylation sites is 1. The molecule has 0 aliphatic carbocycles. The Morgan fingerprint density at radius 1 is 0.846 bits per heavy atom. The molecular formula is C31H39N3O4S. The van der Waals surface area contributed by atoms with Gasteiger partial charge in [-0.3, -0.25) is 13.9 Å². The first kappa shape index (κ1) is 29.9. The fourth-order valence-corrected chi connectivity index (χ4v) is 5.88. The first-order chi connectivity index (χ1) is 18.7. The minimum Gasteiger partial charge on any atom is -0.354 e. The van der Waals surface area contributed by atoms with Crippen LogP contribution in [0.4, 0.5) is 5.69 Å². The highest BCUT2D eigenvalue weighted by molar-refractivity contribution is 7.92. The molecule has 7 nitrogen and oxygen atoms in total. The number of anilines is 1. The predicted molar refractivity (Wildman–Crippen MR) is 156 cm³/mol. The lowest BCUT2D eigenvalue weighted by atomic mass is 10.1. The Morgan fingerprint density at radius 3 is 2.03 bits per heavy atom. The van der Waals surface area contributed by atoms with E-state index in [4.69, 9.17) is 0 Å². The largest absolute Gasteiger partial charge is 0.354 e. The number of hydrogen-bond donors (Lipinski definition) is 1. The highest BCUT2D eigenvalue weighted by Crippen LogP contribution is 2.28. The Hall–Kier alpha value is -3.65. The van der Waals surface area contributed by atoms with Crippen molar-refractivity contribution in [1.29, 1.82) is 0 Å². The molecule has 0 spiro atoms. The molecule has 0 fully saturated rings. The van der Waals surface area contributed by atoms with Crippen LogP contribution in [0.2, 0.25) is 0 Å². The van der Waals surface area contributed by atoms with Crippen LogP contribution in [0.15, 0.2) is 89.8 Å². The quantitative estimate of drug-likeness (QED) is 0.324.